The average molecular weight is 377 g/mol. The van der Waals surface area contributed by atoms with Crippen molar-refractivity contribution in [3.63, 3.8) is 0 Å². The summed E-state index contributed by atoms with van der Waals surface area (Å²) >= 11 is 15.3. The lowest BCUT2D eigenvalue weighted by atomic mass is 9.98. The lowest BCUT2D eigenvalue weighted by Gasteiger charge is -2.18. The van der Waals surface area contributed by atoms with E-state index in [9.17, 15) is 4.39 Å². The molecule has 0 fully saturated rings. The molecule has 106 valence electrons. The Balaban J connectivity index is 2.31. The summed E-state index contributed by atoms with van der Waals surface area (Å²) in [7, 11) is 1.84. The van der Waals surface area contributed by atoms with Crippen LogP contribution in [0.15, 0.2) is 40.9 Å². The van der Waals surface area contributed by atoms with Gasteiger partial charge in [-0.2, -0.15) is 0 Å². The highest BCUT2D eigenvalue weighted by molar-refractivity contribution is 9.10. The third-order valence-corrected chi connectivity index (χ3v) is 4.06. The maximum absolute atomic E-state index is 14.0. The first kappa shape index (κ1) is 15.8. The second-order valence-electron chi connectivity index (χ2n) is 4.46. The van der Waals surface area contributed by atoms with E-state index in [1.807, 2.05) is 25.2 Å². The van der Waals surface area contributed by atoms with Gasteiger partial charge in [0.2, 0.25) is 0 Å². The fourth-order valence-electron chi connectivity index (χ4n) is 2.09. The molecule has 20 heavy (non-hydrogen) atoms. The predicted octanol–water partition coefficient (Wildman–Crippen LogP) is 5.40. The Hall–Kier alpha value is -0.610. The highest BCUT2D eigenvalue weighted by Crippen LogP contribution is 2.27. The van der Waals surface area contributed by atoms with Crippen molar-refractivity contribution in [2.24, 2.45) is 0 Å². The highest BCUT2D eigenvalue weighted by atomic mass is 79.9. The molecule has 0 saturated carbocycles. The SMILES string of the molecule is CNC(Cc1cccc(Cl)c1F)c1cc(Cl)cc(Br)c1. The second-order valence-corrected chi connectivity index (χ2v) is 6.22. The van der Waals surface area contributed by atoms with Gasteiger partial charge in [0.25, 0.3) is 0 Å². The van der Waals surface area contributed by atoms with E-state index in [1.54, 1.807) is 18.2 Å². The molecule has 1 N–H and O–H groups in total. The zero-order chi connectivity index (χ0) is 14.7. The minimum Gasteiger partial charge on any atom is -0.313 e. The van der Waals surface area contributed by atoms with Crippen molar-refractivity contribution < 1.29 is 4.39 Å². The van der Waals surface area contributed by atoms with Crippen molar-refractivity contribution in [1.82, 2.24) is 5.32 Å². The minimum absolute atomic E-state index is 0.0435. The van der Waals surface area contributed by atoms with E-state index in [1.165, 1.54) is 0 Å². The smallest absolute Gasteiger partial charge is 0.145 e. The Bertz CT molecular complexity index is 599. The topological polar surface area (TPSA) is 12.0 Å². The number of hydrogen-bond donors (Lipinski definition) is 1. The lowest BCUT2D eigenvalue weighted by molar-refractivity contribution is 0.554. The summed E-state index contributed by atoms with van der Waals surface area (Å²) in [4.78, 5) is 0. The summed E-state index contributed by atoms with van der Waals surface area (Å²) in [5, 5.41) is 3.96. The first-order valence-electron chi connectivity index (χ1n) is 6.07. The Kier molecular flexibility index (Phi) is 5.44. The molecular formula is C15H13BrCl2FN. The molecule has 0 spiro atoms. The zero-order valence-electron chi connectivity index (χ0n) is 10.8. The molecule has 0 amide bonds. The van der Waals surface area contributed by atoms with Crippen LogP contribution in [0, 0.1) is 5.82 Å². The minimum atomic E-state index is -0.365. The van der Waals surface area contributed by atoms with Gasteiger partial charge < -0.3 is 5.32 Å². The van der Waals surface area contributed by atoms with Gasteiger partial charge in [-0.15, -0.1) is 0 Å². The molecule has 2 aromatic carbocycles. The van der Waals surface area contributed by atoms with Gasteiger partial charge in [-0.1, -0.05) is 51.3 Å². The van der Waals surface area contributed by atoms with Crippen LogP contribution in [0.2, 0.25) is 10.0 Å². The number of rotatable bonds is 4. The quantitative estimate of drug-likeness (QED) is 0.753. The van der Waals surface area contributed by atoms with Gasteiger partial charge in [0, 0.05) is 15.5 Å². The van der Waals surface area contributed by atoms with Gasteiger partial charge in [0.1, 0.15) is 5.82 Å². The molecule has 2 rings (SSSR count). The number of halogens is 4. The van der Waals surface area contributed by atoms with Gasteiger partial charge >= 0.3 is 0 Å². The van der Waals surface area contributed by atoms with E-state index in [0.717, 1.165) is 10.0 Å². The standard InChI is InChI=1S/C15H13BrCl2FN/c1-20-14(10-5-11(16)8-12(17)6-10)7-9-3-2-4-13(18)15(9)19/h2-6,8,14,20H,7H2,1H3. The molecule has 0 aliphatic carbocycles. The van der Waals surface area contributed by atoms with E-state index in [2.05, 4.69) is 21.2 Å². The van der Waals surface area contributed by atoms with E-state index < -0.39 is 0 Å². The summed E-state index contributed by atoms with van der Waals surface area (Å²) in [6.07, 6.45) is 0.496. The van der Waals surface area contributed by atoms with Crippen molar-refractivity contribution >= 4 is 39.1 Å². The first-order chi connectivity index (χ1) is 9.51. The van der Waals surface area contributed by atoms with Gasteiger partial charge in [-0.25, -0.2) is 4.39 Å². The lowest BCUT2D eigenvalue weighted by Crippen LogP contribution is -2.19. The van der Waals surface area contributed by atoms with Gasteiger partial charge in [0.15, 0.2) is 0 Å². The largest absolute Gasteiger partial charge is 0.313 e. The molecule has 5 heteroatoms. The molecule has 0 radical (unpaired) electrons. The zero-order valence-corrected chi connectivity index (χ0v) is 13.9. The van der Waals surface area contributed by atoms with Crippen LogP contribution < -0.4 is 5.32 Å². The molecule has 1 unspecified atom stereocenters. The Morgan fingerprint density at radius 3 is 2.65 bits per heavy atom. The van der Waals surface area contributed by atoms with Crippen LogP contribution in [0.3, 0.4) is 0 Å². The molecule has 2 aromatic rings. The van der Waals surface area contributed by atoms with Crippen molar-refractivity contribution in [2.45, 2.75) is 12.5 Å². The third-order valence-electron chi connectivity index (χ3n) is 3.09. The van der Waals surface area contributed by atoms with Crippen LogP contribution in [0.4, 0.5) is 4.39 Å². The normalized spacial score (nSPS) is 12.4. The Labute approximate surface area is 136 Å². The van der Waals surface area contributed by atoms with Gasteiger partial charge in [-0.05, 0) is 48.9 Å². The fraction of sp³-hybridized carbons (Fsp3) is 0.200. The van der Waals surface area contributed by atoms with Crippen molar-refractivity contribution in [2.75, 3.05) is 7.05 Å². The Morgan fingerprint density at radius 1 is 1.25 bits per heavy atom. The van der Waals surface area contributed by atoms with Crippen LogP contribution in [0.25, 0.3) is 0 Å². The Morgan fingerprint density at radius 2 is 2.00 bits per heavy atom. The average Bonchev–Trinajstić information content (AvgIpc) is 2.39. The van der Waals surface area contributed by atoms with E-state index in [4.69, 9.17) is 23.2 Å². The van der Waals surface area contributed by atoms with Crippen molar-refractivity contribution in [1.29, 1.82) is 0 Å². The molecular weight excluding hydrogens is 364 g/mol. The third kappa shape index (κ3) is 3.73. The second kappa shape index (κ2) is 6.90. The van der Waals surface area contributed by atoms with Crippen LogP contribution in [-0.2, 0) is 6.42 Å². The van der Waals surface area contributed by atoms with Crippen molar-refractivity contribution in [3.05, 3.63) is 67.9 Å². The number of benzene rings is 2. The maximum Gasteiger partial charge on any atom is 0.145 e. The maximum atomic E-state index is 14.0. The highest BCUT2D eigenvalue weighted by Gasteiger charge is 2.15. The molecule has 0 heterocycles. The van der Waals surface area contributed by atoms with Gasteiger partial charge in [-0.3, -0.25) is 0 Å². The van der Waals surface area contributed by atoms with E-state index >= 15 is 0 Å². The first-order valence-corrected chi connectivity index (χ1v) is 7.62. The van der Waals surface area contributed by atoms with Crippen LogP contribution in [-0.4, -0.2) is 7.05 Å². The molecule has 0 aromatic heterocycles. The predicted molar refractivity (Wildman–Crippen MR) is 86.1 cm³/mol. The molecule has 1 nitrogen and oxygen atoms in total. The van der Waals surface area contributed by atoms with E-state index in [-0.39, 0.29) is 16.9 Å². The van der Waals surface area contributed by atoms with Crippen LogP contribution in [0.5, 0.6) is 0 Å². The number of nitrogens with one attached hydrogen (secondary N) is 1. The molecule has 1 atom stereocenters. The molecule has 0 saturated heterocycles. The molecule has 0 bridgehead atoms. The molecule has 0 aliphatic rings. The van der Waals surface area contributed by atoms with Crippen LogP contribution in [0.1, 0.15) is 17.2 Å². The fourth-order valence-corrected chi connectivity index (χ4v) is 3.17. The van der Waals surface area contributed by atoms with E-state index in [0.29, 0.717) is 17.0 Å². The molecule has 0 aliphatic heterocycles. The monoisotopic (exact) mass is 375 g/mol. The summed E-state index contributed by atoms with van der Waals surface area (Å²) < 4.78 is 14.9. The van der Waals surface area contributed by atoms with Gasteiger partial charge in [0.05, 0.1) is 5.02 Å². The number of hydrogen-bond acceptors (Lipinski definition) is 1. The summed E-state index contributed by atoms with van der Waals surface area (Å²) in [6.45, 7) is 0. The number of likely N-dealkylation sites (N-methyl/N-ethyl adjacent to an activating group) is 1. The van der Waals surface area contributed by atoms with Crippen molar-refractivity contribution in [3.8, 4) is 0 Å². The summed E-state index contributed by atoms with van der Waals surface area (Å²) in [5.74, 6) is -0.365. The summed E-state index contributed by atoms with van der Waals surface area (Å²) in [5.41, 5.74) is 1.57. The van der Waals surface area contributed by atoms with Crippen LogP contribution >= 0.6 is 39.1 Å². The summed E-state index contributed by atoms with van der Waals surface area (Å²) in [6, 6.07) is 10.7.